The number of carbonyl (C=O) groups excluding carboxylic acids is 1. The molecular formula is C14H24O. The third-order valence-corrected chi connectivity index (χ3v) is 5.39. The Morgan fingerprint density at radius 3 is 2.73 bits per heavy atom. The SMILES string of the molecule is CC(C=O)C1CCC2[C@@H](C)CCC[C@]12C. The number of hydrogen-bond donors (Lipinski definition) is 0. The van der Waals surface area contributed by atoms with Crippen LogP contribution in [0, 0.1) is 29.1 Å². The van der Waals surface area contributed by atoms with Crippen LogP contribution in [-0.2, 0) is 4.79 Å². The summed E-state index contributed by atoms with van der Waals surface area (Å²) in [5, 5.41) is 0. The summed E-state index contributed by atoms with van der Waals surface area (Å²) in [6.45, 7) is 6.98. The fourth-order valence-electron chi connectivity index (χ4n) is 4.56. The Morgan fingerprint density at radius 2 is 2.07 bits per heavy atom. The second kappa shape index (κ2) is 3.92. The van der Waals surface area contributed by atoms with Crippen LogP contribution in [0.4, 0.5) is 0 Å². The second-order valence-corrected chi connectivity index (χ2v) is 6.16. The Hall–Kier alpha value is -0.330. The molecule has 15 heavy (non-hydrogen) atoms. The van der Waals surface area contributed by atoms with Crippen molar-refractivity contribution in [2.24, 2.45) is 29.1 Å². The van der Waals surface area contributed by atoms with E-state index in [1.165, 1.54) is 38.4 Å². The predicted octanol–water partition coefficient (Wildman–Crippen LogP) is 3.67. The lowest BCUT2D eigenvalue weighted by Gasteiger charge is -2.45. The maximum absolute atomic E-state index is 11.0. The Balaban J connectivity index is 2.20. The van der Waals surface area contributed by atoms with Gasteiger partial charge in [-0.1, -0.05) is 33.6 Å². The highest BCUT2D eigenvalue weighted by atomic mass is 16.1. The van der Waals surface area contributed by atoms with E-state index in [1.54, 1.807) is 0 Å². The Kier molecular flexibility index (Phi) is 2.92. The molecule has 1 heteroatoms. The van der Waals surface area contributed by atoms with E-state index in [0.717, 1.165) is 11.8 Å². The van der Waals surface area contributed by atoms with E-state index in [1.807, 2.05) is 0 Å². The number of aldehydes is 1. The topological polar surface area (TPSA) is 17.1 Å². The number of rotatable bonds is 2. The minimum Gasteiger partial charge on any atom is -0.303 e. The van der Waals surface area contributed by atoms with Crippen LogP contribution < -0.4 is 0 Å². The normalized spacial score (nSPS) is 47.3. The van der Waals surface area contributed by atoms with Gasteiger partial charge in [0.15, 0.2) is 0 Å². The zero-order valence-corrected chi connectivity index (χ0v) is 10.3. The Morgan fingerprint density at radius 1 is 1.33 bits per heavy atom. The minimum atomic E-state index is 0.269. The molecule has 0 spiro atoms. The van der Waals surface area contributed by atoms with Gasteiger partial charge in [0.2, 0.25) is 0 Å². The van der Waals surface area contributed by atoms with Gasteiger partial charge in [0, 0.05) is 5.92 Å². The van der Waals surface area contributed by atoms with E-state index < -0.39 is 0 Å². The molecule has 0 aromatic rings. The lowest BCUT2D eigenvalue weighted by molar-refractivity contribution is -0.114. The molecule has 2 fully saturated rings. The van der Waals surface area contributed by atoms with Gasteiger partial charge in [0.05, 0.1) is 0 Å². The summed E-state index contributed by atoms with van der Waals surface area (Å²) >= 11 is 0. The van der Waals surface area contributed by atoms with E-state index in [-0.39, 0.29) is 5.92 Å². The third kappa shape index (κ3) is 1.64. The maximum atomic E-state index is 11.0. The fourth-order valence-corrected chi connectivity index (χ4v) is 4.56. The summed E-state index contributed by atoms with van der Waals surface area (Å²) in [6.07, 6.45) is 7.95. The molecule has 0 radical (unpaired) electrons. The molecular weight excluding hydrogens is 184 g/mol. The molecule has 0 saturated heterocycles. The highest BCUT2D eigenvalue weighted by Crippen LogP contribution is 2.59. The predicted molar refractivity (Wildman–Crippen MR) is 62.6 cm³/mol. The molecule has 2 saturated carbocycles. The van der Waals surface area contributed by atoms with Crippen molar-refractivity contribution in [3.8, 4) is 0 Å². The molecule has 5 atom stereocenters. The van der Waals surface area contributed by atoms with Crippen molar-refractivity contribution in [1.82, 2.24) is 0 Å². The van der Waals surface area contributed by atoms with Crippen LogP contribution in [0.15, 0.2) is 0 Å². The summed E-state index contributed by atoms with van der Waals surface area (Å²) in [7, 11) is 0. The van der Waals surface area contributed by atoms with Crippen LogP contribution in [-0.4, -0.2) is 6.29 Å². The van der Waals surface area contributed by atoms with Crippen molar-refractivity contribution in [3.63, 3.8) is 0 Å². The molecule has 1 nitrogen and oxygen atoms in total. The standard InChI is InChI=1S/C14H24O/c1-10-5-4-8-14(3)12(10)6-7-13(14)11(2)9-15/h9-13H,4-8H2,1-3H3/t10-,11?,12?,13?,14-/m0/s1. The zero-order chi connectivity index (χ0) is 11.1. The third-order valence-electron chi connectivity index (χ3n) is 5.39. The molecule has 0 aliphatic heterocycles. The van der Waals surface area contributed by atoms with E-state index in [4.69, 9.17) is 0 Å². The van der Waals surface area contributed by atoms with Gasteiger partial charge in [0.1, 0.15) is 6.29 Å². The first-order valence-corrected chi connectivity index (χ1v) is 6.55. The first-order valence-electron chi connectivity index (χ1n) is 6.55. The molecule has 86 valence electrons. The highest BCUT2D eigenvalue weighted by molar-refractivity contribution is 5.53. The number of fused-ring (bicyclic) bond motifs is 1. The maximum Gasteiger partial charge on any atom is 0.123 e. The van der Waals surface area contributed by atoms with Gasteiger partial charge in [-0.2, -0.15) is 0 Å². The first kappa shape index (κ1) is 11.2. The van der Waals surface area contributed by atoms with Gasteiger partial charge in [0.25, 0.3) is 0 Å². The average molecular weight is 208 g/mol. The zero-order valence-electron chi connectivity index (χ0n) is 10.3. The first-order chi connectivity index (χ1) is 7.09. The summed E-state index contributed by atoms with van der Waals surface area (Å²) in [5.41, 5.74) is 0.470. The smallest absolute Gasteiger partial charge is 0.123 e. The van der Waals surface area contributed by atoms with Crippen LogP contribution >= 0.6 is 0 Å². The quantitative estimate of drug-likeness (QED) is 0.633. The van der Waals surface area contributed by atoms with Crippen LogP contribution in [0.25, 0.3) is 0 Å². The summed E-state index contributed by atoms with van der Waals surface area (Å²) in [5.74, 6) is 2.69. The molecule has 0 N–H and O–H groups in total. The van der Waals surface area contributed by atoms with Crippen molar-refractivity contribution in [1.29, 1.82) is 0 Å². The van der Waals surface area contributed by atoms with Crippen LogP contribution in [0.1, 0.15) is 52.9 Å². The molecule has 0 bridgehead atoms. The molecule has 0 aromatic carbocycles. The largest absolute Gasteiger partial charge is 0.303 e. The van der Waals surface area contributed by atoms with Crippen LogP contribution in [0.5, 0.6) is 0 Å². The van der Waals surface area contributed by atoms with Gasteiger partial charge in [-0.3, -0.25) is 0 Å². The van der Waals surface area contributed by atoms with Gasteiger partial charge in [-0.25, -0.2) is 0 Å². The lowest BCUT2D eigenvalue weighted by atomic mass is 9.60. The highest BCUT2D eigenvalue weighted by Gasteiger charge is 2.51. The summed E-state index contributed by atoms with van der Waals surface area (Å²) < 4.78 is 0. The van der Waals surface area contributed by atoms with Crippen LogP contribution in [0.2, 0.25) is 0 Å². The van der Waals surface area contributed by atoms with Crippen molar-refractivity contribution in [2.45, 2.75) is 52.9 Å². The Labute approximate surface area is 93.6 Å². The van der Waals surface area contributed by atoms with Crippen LogP contribution in [0.3, 0.4) is 0 Å². The van der Waals surface area contributed by atoms with Crippen molar-refractivity contribution in [3.05, 3.63) is 0 Å². The van der Waals surface area contributed by atoms with Gasteiger partial charge in [-0.05, 0) is 42.4 Å². The lowest BCUT2D eigenvalue weighted by Crippen LogP contribution is -2.38. The minimum absolute atomic E-state index is 0.269. The molecule has 0 aromatic heterocycles. The molecule has 2 rings (SSSR count). The van der Waals surface area contributed by atoms with Crippen molar-refractivity contribution < 1.29 is 4.79 Å². The van der Waals surface area contributed by atoms with Crippen molar-refractivity contribution in [2.75, 3.05) is 0 Å². The monoisotopic (exact) mass is 208 g/mol. The number of hydrogen-bond acceptors (Lipinski definition) is 1. The van der Waals surface area contributed by atoms with E-state index in [2.05, 4.69) is 20.8 Å². The second-order valence-electron chi connectivity index (χ2n) is 6.16. The van der Waals surface area contributed by atoms with Crippen molar-refractivity contribution >= 4 is 6.29 Å². The van der Waals surface area contributed by atoms with Gasteiger partial charge in [-0.15, -0.1) is 0 Å². The summed E-state index contributed by atoms with van der Waals surface area (Å²) in [6, 6.07) is 0. The van der Waals surface area contributed by atoms with E-state index in [0.29, 0.717) is 11.3 Å². The summed E-state index contributed by atoms with van der Waals surface area (Å²) in [4.78, 5) is 11.0. The van der Waals surface area contributed by atoms with E-state index in [9.17, 15) is 4.79 Å². The number of carbonyl (C=O) groups is 1. The fraction of sp³-hybridized carbons (Fsp3) is 0.929. The Bertz CT molecular complexity index is 248. The molecule has 3 unspecified atom stereocenters. The molecule has 2 aliphatic rings. The molecule has 0 heterocycles. The van der Waals surface area contributed by atoms with Gasteiger partial charge >= 0.3 is 0 Å². The average Bonchev–Trinajstić information content (AvgIpc) is 2.56. The molecule has 2 aliphatic carbocycles. The van der Waals surface area contributed by atoms with E-state index >= 15 is 0 Å². The van der Waals surface area contributed by atoms with Gasteiger partial charge < -0.3 is 4.79 Å². The molecule has 0 amide bonds.